The van der Waals surface area contributed by atoms with Crippen LogP contribution in [0, 0.1) is 11.8 Å². The SMILES string of the molecule is CC(C)CN(CC(C)C)C(C)CNC1CC1. The number of nitrogens with one attached hydrogen (secondary N) is 1. The van der Waals surface area contributed by atoms with Crippen molar-refractivity contribution < 1.29 is 0 Å². The molecule has 1 unspecified atom stereocenters. The Balaban J connectivity index is 2.31. The van der Waals surface area contributed by atoms with Gasteiger partial charge < -0.3 is 5.32 Å². The maximum atomic E-state index is 3.64. The van der Waals surface area contributed by atoms with Crippen LogP contribution in [-0.2, 0) is 0 Å². The second-order valence-corrected chi connectivity index (χ2v) is 6.27. The van der Waals surface area contributed by atoms with Gasteiger partial charge in [-0.25, -0.2) is 0 Å². The van der Waals surface area contributed by atoms with Crippen LogP contribution in [0.4, 0.5) is 0 Å². The summed E-state index contributed by atoms with van der Waals surface area (Å²) in [6.45, 7) is 15.2. The van der Waals surface area contributed by atoms with Crippen molar-refractivity contribution in [1.29, 1.82) is 0 Å². The lowest BCUT2D eigenvalue weighted by Crippen LogP contribution is -2.44. The van der Waals surface area contributed by atoms with E-state index in [0.29, 0.717) is 6.04 Å². The molecule has 96 valence electrons. The predicted octanol–water partition coefficient (Wildman–Crippen LogP) is 2.74. The molecule has 0 aromatic heterocycles. The first-order valence-electron chi connectivity index (χ1n) is 6.96. The molecule has 0 radical (unpaired) electrons. The molecule has 2 heteroatoms. The molecule has 0 aromatic rings. The quantitative estimate of drug-likeness (QED) is 0.684. The van der Waals surface area contributed by atoms with E-state index in [0.717, 1.165) is 24.4 Å². The van der Waals surface area contributed by atoms with Gasteiger partial charge in [-0.05, 0) is 31.6 Å². The first kappa shape index (κ1) is 14.0. The molecule has 2 nitrogen and oxygen atoms in total. The Morgan fingerprint density at radius 1 is 1.00 bits per heavy atom. The van der Waals surface area contributed by atoms with Crippen molar-refractivity contribution >= 4 is 0 Å². The second kappa shape index (κ2) is 6.61. The standard InChI is InChI=1S/C14H30N2/c1-11(2)9-16(10-12(3)4)13(5)8-15-14-6-7-14/h11-15H,6-10H2,1-5H3. The van der Waals surface area contributed by atoms with Crippen molar-refractivity contribution in [1.82, 2.24) is 10.2 Å². The molecular weight excluding hydrogens is 196 g/mol. The molecule has 0 aliphatic heterocycles. The Kier molecular flexibility index (Phi) is 5.77. The number of hydrogen-bond acceptors (Lipinski definition) is 2. The first-order chi connectivity index (χ1) is 7.49. The summed E-state index contributed by atoms with van der Waals surface area (Å²) in [5.74, 6) is 1.53. The van der Waals surface area contributed by atoms with Gasteiger partial charge in [0.1, 0.15) is 0 Å². The van der Waals surface area contributed by atoms with Crippen molar-refractivity contribution in [3.63, 3.8) is 0 Å². The van der Waals surface area contributed by atoms with Gasteiger partial charge in [-0.15, -0.1) is 0 Å². The smallest absolute Gasteiger partial charge is 0.0192 e. The summed E-state index contributed by atoms with van der Waals surface area (Å²) < 4.78 is 0. The van der Waals surface area contributed by atoms with E-state index in [4.69, 9.17) is 0 Å². The molecule has 1 aliphatic rings. The maximum Gasteiger partial charge on any atom is 0.0192 e. The second-order valence-electron chi connectivity index (χ2n) is 6.27. The normalized spacial score (nSPS) is 18.8. The van der Waals surface area contributed by atoms with E-state index in [1.54, 1.807) is 0 Å². The molecular formula is C14H30N2. The zero-order chi connectivity index (χ0) is 12.1. The molecule has 16 heavy (non-hydrogen) atoms. The van der Waals surface area contributed by atoms with E-state index in [-0.39, 0.29) is 0 Å². The fourth-order valence-corrected chi connectivity index (χ4v) is 2.13. The van der Waals surface area contributed by atoms with Crippen LogP contribution in [0.5, 0.6) is 0 Å². The minimum Gasteiger partial charge on any atom is -0.312 e. The molecule has 0 amide bonds. The van der Waals surface area contributed by atoms with Crippen molar-refractivity contribution in [3.05, 3.63) is 0 Å². The van der Waals surface area contributed by atoms with Crippen LogP contribution in [0.15, 0.2) is 0 Å². The van der Waals surface area contributed by atoms with E-state index >= 15 is 0 Å². The Morgan fingerprint density at radius 3 is 1.88 bits per heavy atom. The molecule has 0 aromatic carbocycles. The van der Waals surface area contributed by atoms with Crippen LogP contribution in [-0.4, -0.2) is 36.6 Å². The largest absolute Gasteiger partial charge is 0.312 e. The lowest BCUT2D eigenvalue weighted by Gasteiger charge is -2.32. The van der Waals surface area contributed by atoms with E-state index < -0.39 is 0 Å². The van der Waals surface area contributed by atoms with Crippen molar-refractivity contribution in [2.24, 2.45) is 11.8 Å². The average Bonchev–Trinajstić information content (AvgIpc) is 2.95. The van der Waals surface area contributed by atoms with E-state index in [1.165, 1.54) is 25.9 Å². The maximum absolute atomic E-state index is 3.64. The monoisotopic (exact) mass is 226 g/mol. The van der Waals surface area contributed by atoms with Crippen molar-refractivity contribution in [2.45, 2.75) is 59.5 Å². The van der Waals surface area contributed by atoms with Crippen molar-refractivity contribution in [2.75, 3.05) is 19.6 Å². The third kappa shape index (κ3) is 5.86. The number of hydrogen-bond donors (Lipinski definition) is 1. The van der Waals surface area contributed by atoms with E-state index in [1.807, 2.05) is 0 Å². The van der Waals surface area contributed by atoms with Gasteiger partial charge in [-0.2, -0.15) is 0 Å². The predicted molar refractivity (Wildman–Crippen MR) is 71.7 cm³/mol. The molecule has 1 saturated carbocycles. The van der Waals surface area contributed by atoms with Gasteiger partial charge in [-0.3, -0.25) is 4.90 Å². The molecule has 1 N–H and O–H groups in total. The summed E-state index contributed by atoms with van der Waals surface area (Å²) in [6.07, 6.45) is 2.78. The summed E-state index contributed by atoms with van der Waals surface area (Å²) in [6, 6.07) is 1.51. The van der Waals surface area contributed by atoms with E-state index in [9.17, 15) is 0 Å². The highest BCUT2D eigenvalue weighted by Crippen LogP contribution is 2.19. The summed E-state index contributed by atoms with van der Waals surface area (Å²) >= 11 is 0. The third-order valence-electron chi connectivity index (χ3n) is 3.10. The Hall–Kier alpha value is -0.0800. The van der Waals surface area contributed by atoms with Crippen LogP contribution in [0.25, 0.3) is 0 Å². The minimum absolute atomic E-state index is 0.672. The van der Waals surface area contributed by atoms with Gasteiger partial charge in [0.25, 0.3) is 0 Å². The van der Waals surface area contributed by atoms with Gasteiger partial charge in [0.05, 0.1) is 0 Å². The summed E-state index contributed by atoms with van der Waals surface area (Å²) in [5, 5.41) is 3.64. The third-order valence-corrected chi connectivity index (χ3v) is 3.10. The topological polar surface area (TPSA) is 15.3 Å². The summed E-state index contributed by atoms with van der Waals surface area (Å²) in [4.78, 5) is 2.64. The van der Waals surface area contributed by atoms with Crippen LogP contribution in [0.3, 0.4) is 0 Å². The lowest BCUT2D eigenvalue weighted by molar-refractivity contribution is 0.163. The zero-order valence-corrected chi connectivity index (χ0v) is 11.8. The molecule has 0 saturated heterocycles. The minimum atomic E-state index is 0.672. The molecule has 0 bridgehead atoms. The fraction of sp³-hybridized carbons (Fsp3) is 1.00. The van der Waals surface area contributed by atoms with Gasteiger partial charge in [0.15, 0.2) is 0 Å². The average molecular weight is 226 g/mol. The fourth-order valence-electron chi connectivity index (χ4n) is 2.13. The summed E-state index contributed by atoms with van der Waals surface area (Å²) in [7, 11) is 0. The Morgan fingerprint density at radius 2 is 1.50 bits per heavy atom. The highest BCUT2D eigenvalue weighted by molar-refractivity contribution is 4.83. The highest BCUT2D eigenvalue weighted by Gasteiger charge is 2.23. The zero-order valence-electron chi connectivity index (χ0n) is 11.8. The van der Waals surface area contributed by atoms with E-state index in [2.05, 4.69) is 44.8 Å². The van der Waals surface area contributed by atoms with Crippen LogP contribution in [0.1, 0.15) is 47.5 Å². The van der Waals surface area contributed by atoms with Crippen LogP contribution in [0.2, 0.25) is 0 Å². The molecule has 0 heterocycles. The molecule has 1 atom stereocenters. The first-order valence-corrected chi connectivity index (χ1v) is 6.96. The molecule has 1 aliphatic carbocycles. The van der Waals surface area contributed by atoms with Crippen molar-refractivity contribution in [3.8, 4) is 0 Å². The molecule has 0 spiro atoms. The molecule has 1 fully saturated rings. The lowest BCUT2D eigenvalue weighted by atomic mass is 10.1. The Labute approximate surface area is 102 Å². The summed E-state index contributed by atoms with van der Waals surface area (Å²) in [5.41, 5.74) is 0. The number of nitrogens with zero attached hydrogens (tertiary/aromatic N) is 1. The van der Waals surface area contributed by atoms with Gasteiger partial charge >= 0.3 is 0 Å². The van der Waals surface area contributed by atoms with Gasteiger partial charge in [0.2, 0.25) is 0 Å². The van der Waals surface area contributed by atoms with Crippen LogP contribution >= 0.6 is 0 Å². The van der Waals surface area contributed by atoms with Gasteiger partial charge in [-0.1, -0.05) is 27.7 Å². The Bertz CT molecular complexity index is 175. The number of rotatable bonds is 8. The highest BCUT2D eigenvalue weighted by atomic mass is 15.2. The van der Waals surface area contributed by atoms with Crippen LogP contribution < -0.4 is 5.32 Å². The molecule has 1 rings (SSSR count). The van der Waals surface area contributed by atoms with Gasteiger partial charge in [0, 0.05) is 31.7 Å².